The van der Waals surface area contributed by atoms with Gasteiger partial charge in [0.25, 0.3) is 0 Å². The zero-order valence-corrected chi connectivity index (χ0v) is 17.6. The van der Waals surface area contributed by atoms with Crippen LogP contribution >= 0.6 is 7.37 Å². The van der Waals surface area contributed by atoms with E-state index >= 15 is 0 Å². The van der Waals surface area contributed by atoms with E-state index in [9.17, 15) is 19.4 Å². The fraction of sp³-hybridized carbons (Fsp3) is 0.500. The summed E-state index contributed by atoms with van der Waals surface area (Å²) >= 11 is 0. The maximum Gasteiger partial charge on any atom is 0.320 e. The number of unbranched alkanes of at least 4 members (excludes halogenated alkanes) is 1. The first kappa shape index (κ1) is 21.7. The summed E-state index contributed by atoms with van der Waals surface area (Å²) in [5.41, 5.74) is 8.59. The van der Waals surface area contributed by atoms with Crippen molar-refractivity contribution in [3.63, 3.8) is 0 Å². The van der Waals surface area contributed by atoms with Crippen LogP contribution in [0.15, 0.2) is 36.7 Å². The first-order valence-corrected chi connectivity index (χ1v) is 11.7. The highest BCUT2D eigenvalue weighted by Gasteiger charge is 2.56. The van der Waals surface area contributed by atoms with Gasteiger partial charge in [0.1, 0.15) is 0 Å². The lowest BCUT2D eigenvalue weighted by Crippen LogP contribution is -2.53. The fourth-order valence-electron chi connectivity index (χ4n) is 4.07. The van der Waals surface area contributed by atoms with E-state index in [-0.39, 0.29) is 19.1 Å². The minimum Gasteiger partial charge on any atom is -0.480 e. The Kier molecular flexibility index (Phi) is 6.58. The number of aryl methyl sites for hydroxylation is 1. The van der Waals surface area contributed by atoms with Crippen LogP contribution in [0.3, 0.4) is 0 Å². The zero-order chi connectivity index (χ0) is 21.1. The van der Waals surface area contributed by atoms with E-state index in [0.29, 0.717) is 32.5 Å². The molecule has 1 saturated heterocycles. The molecule has 9 heteroatoms. The Balaban J connectivity index is 1.86. The highest BCUT2D eigenvalue weighted by atomic mass is 31.2. The molecule has 2 unspecified atom stereocenters. The van der Waals surface area contributed by atoms with Crippen molar-refractivity contribution >= 4 is 13.3 Å². The summed E-state index contributed by atoms with van der Waals surface area (Å²) in [6.07, 6.45) is 5.04. The number of nitrogens with zero attached hydrogens (tertiary/aromatic N) is 3. The van der Waals surface area contributed by atoms with Crippen molar-refractivity contribution in [1.29, 1.82) is 0 Å². The molecule has 0 spiro atoms. The lowest BCUT2D eigenvalue weighted by Gasteiger charge is -2.43. The van der Waals surface area contributed by atoms with Gasteiger partial charge in [0, 0.05) is 44.6 Å². The molecule has 2 atom stereocenters. The first-order valence-electron chi connectivity index (χ1n) is 9.84. The number of carboxylic acids is 1. The third-order valence-electron chi connectivity index (χ3n) is 5.74. The van der Waals surface area contributed by atoms with E-state index in [0.717, 1.165) is 16.7 Å². The number of benzene rings is 1. The minimum atomic E-state index is -3.83. The summed E-state index contributed by atoms with van der Waals surface area (Å²) in [5, 5.41) is 12.5. The third kappa shape index (κ3) is 4.46. The van der Waals surface area contributed by atoms with Gasteiger partial charge in [-0.25, -0.2) is 0 Å². The van der Waals surface area contributed by atoms with E-state index in [1.165, 1.54) is 0 Å². The predicted octanol–water partition coefficient (Wildman–Crippen LogP) is 2.13. The second-order valence-electron chi connectivity index (χ2n) is 7.78. The quantitative estimate of drug-likeness (QED) is 0.442. The summed E-state index contributed by atoms with van der Waals surface area (Å²) in [4.78, 5) is 24.7. The topological polar surface area (TPSA) is 122 Å². The fourth-order valence-corrected chi connectivity index (χ4v) is 6.28. The Morgan fingerprint density at radius 3 is 2.76 bits per heavy atom. The van der Waals surface area contributed by atoms with Gasteiger partial charge in [-0.1, -0.05) is 30.7 Å². The molecule has 0 amide bonds. The van der Waals surface area contributed by atoms with Crippen LogP contribution < -0.4 is 5.73 Å². The molecule has 0 aliphatic carbocycles. The molecule has 1 aromatic carbocycles. The summed E-state index contributed by atoms with van der Waals surface area (Å²) in [6.45, 7) is 1.40. The van der Waals surface area contributed by atoms with Gasteiger partial charge >= 0.3 is 5.97 Å². The van der Waals surface area contributed by atoms with Crippen LogP contribution in [0.25, 0.3) is 11.1 Å². The Labute approximate surface area is 170 Å². The van der Waals surface area contributed by atoms with Crippen molar-refractivity contribution in [1.82, 2.24) is 14.7 Å². The predicted molar refractivity (Wildman–Crippen MR) is 112 cm³/mol. The second-order valence-corrected chi connectivity index (χ2v) is 10.5. The molecule has 8 nitrogen and oxygen atoms in total. The standard InChI is InChI=1S/C20H29N4O4P/c1-23-13-17(12-22-23)18-7-3-2-6-16(18)14-24-10-11-29(27,28)20(15-24,19(25)26)8-4-5-9-21/h2-3,6-7,12-13H,4-5,8-11,14-15,21H2,1H3,(H,25,26)(H,27,28). The van der Waals surface area contributed by atoms with Gasteiger partial charge in [0.05, 0.1) is 6.20 Å². The second kappa shape index (κ2) is 8.79. The smallest absolute Gasteiger partial charge is 0.320 e. The zero-order valence-electron chi connectivity index (χ0n) is 16.7. The van der Waals surface area contributed by atoms with Crippen molar-refractivity contribution in [2.24, 2.45) is 12.8 Å². The summed E-state index contributed by atoms with van der Waals surface area (Å²) in [6, 6.07) is 7.92. The molecule has 1 aromatic heterocycles. The van der Waals surface area contributed by atoms with Crippen LogP contribution in [0.1, 0.15) is 24.8 Å². The van der Waals surface area contributed by atoms with Gasteiger partial charge < -0.3 is 15.7 Å². The van der Waals surface area contributed by atoms with Crippen molar-refractivity contribution in [3.05, 3.63) is 42.2 Å². The Bertz CT molecular complexity index is 915. The molecule has 1 aliphatic rings. The number of carbonyl (C=O) groups is 1. The monoisotopic (exact) mass is 420 g/mol. The van der Waals surface area contributed by atoms with Gasteiger partial charge in [-0.3, -0.25) is 18.9 Å². The van der Waals surface area contributed by atoms with Crippen LogP contribution in [0.4, 0.5) is 0 Å². The van der Waals surface area contributed by atoms with Crippen LogP contribution in [-0.2, 0) is 23.0 Å². The lowest BCUT2D eigenvalue weighted by molar-refractivity contribution is -0.141. The SMILES string of the molecule is Cn1cc(-c2ccccc2CN2CCP(=O)(O)C(CCCCN)(C(=O)O)C2)cn1. The van der Waals surface area contributed by atoms with E-state index in [2.05, 4.69) is 5.10 Å². The molecule has 0 radical (unpaired) electrons. The number of rotatable bonds is 8. The summed E-state index contributed by atoms with van der Waals surface area (Å²) < 4.78 is 14.7. The van der Waals surface area contributed by atoms with Crippen molar-refractivity contribution in [2.75, 3.05) is 25.8 Å². The van der Waals surface area contributed by atoms with E-state index < -0.39 is 18.5 Å². The molecule has 0 saturated carbocycles. The summed E-state index contributed by atoms with van der Waals surface area (Å²) in [5.74, 6) is -1.19. The number of nitrogens with two attached hydrogens (primary N) is 1. The van der Waals surface area contributed by atoms with Crippen LogP contribution in [0, 0.1) is 0 Å². The maximum atomic E-state index is 12.9. The largest absolute Gasteiger partial charge is 0.480 e. The Morgan fingerprint density at radius 2 is 2.10 bits per heavy atom. The van der Waals surface area contributed by atoms with Crippen molar-refractivity contribution < 1.29 is 19.4 Å². The molecule has 1 aliphatic heterocycles. The maximum absolute atomic E-state index is 12.9. The highest BCUT2D eigenvalue weighted by Crippen LogP contribution is 2.59. The van der Waals surface area contributed by atoms with E-state index in [1.807, 2.05) is 42.4 Å². The lowest BCUT2D eigenvalue weighted by atomic mass is 9.98. The van der Waals surface area contributed by atoms with Gasteiger partial charge in [-0.15, -0.1) is 0 Å². The molecular formula is C20H29N4O4P. The third-order valence-corrected chi connectivity index (χ3v) is 8.44. The number of aromatic nitrogens is 2. The molecule has 2 heterocycles. The molecule has 4 N–H and O–H groups in total. The highest BCUT2D eigenvalue weighted by molar-refractivity contribution is 7.61. The number of carboxylic acid groups (broad SMARTS) is 1. The first-order chi connectivity index (χ1) is 13.8. The Hall–Kier alpha value is -1.99. The molecule has 0 bridgehead atoms. The number of aliphatic carboxylic acids is 1. The molecule has 29 heavy (non-hydrogen) atoms. The molecule has 3 rings (SSSR count). The van der Waals surface area contributed by atoms with Crippen molar-refractivity contribution in [3.8, 4) is 11.1 Å². The average Bonchev–Trinajstić information content (AvgIpc) is 3.11. The van der Waals surface area contributed by atoms with E-state index in [1.54, 1.807) is 10.9 Å². The normalized spacial score (nSPS) is 25.2. The van der Waals surface area contributed by atoms with E-state index in [4.69, 9.17) is 5.73 Å². The molecule has 1 fully saturated rings. The molecular weight excluding hydrogens is 391 g/mol. The molecule has 2 aromatic rings. The molecule has 158 valence electrons. The summed E-state index contributed by atoms with van der Waals surface area (Å²) in [7, 11) is -1.97. The van der Waals surface area contributed by atoms with Crippen LogP contribution in [0.2, 0.25) is 0 Å². The van der Waals surface area contributed by atoms with Gasteiger partial charge in [0.2, 0.25) is 7.37 Å². The van der Waals surface area contributed by atoms with Gasteiger partial charge in [-0.2, -0.15) is 5.10 Å². The Morgan fingerprint density at radius 1 is 1.34 bits per heavy atom. The minimum absolute atomic E-state index is 0.0169. The van der Waals surface area contributed by atoms with Crippen LogP contribution in [-0.4, -0.2) is 61.6 Å². The van der Waals surface area contributed by atoms with Gasteiger partial charge in [-0.05, 0) is 30.5 Å². The van der Waals surface area contributed by atoms with Crippen LogP contribution in [0.5, 0.6) is 0 Å². The van der Waals surface area contributed by atoms with Crippen molar-refractivity contribution in [2.45, 2.75) is 31.0 Å². The average molecular weight is 420 g/mol. The number of hydrogen-bond acceptors (Lipinski definition) is 5. The van der Waals surface area contributed by atoms with Gasteiger partial charge in [0.15, 0.2) is 5.16 Å². The number of hydrogen-bond donors (Lipinski definition) is 3.